The molecule has 2 aromatic heterocycles. The average molecular weight is 449 g/mol. The van der Waals surface area contributed by atoms with Crippen molar-refractivity contribution in [3.8, 4) is 0 Å². The molecule has 5 rings (SSSR count). The third-order valence-corrected chi connectivity index (χ3v) is 6.45. The van der Waals surface area contributed by atoms with Gasteiger partial charge in [0.15, 0.2) is 5.76 Å². The number of hydrogen-bond donors (Lipinski definition) is 1. The van der Waals surface area contributed by atoms with Crippen LogP contribution in [0.2, 0.25) is 0 Å². The van der Waals surface area contributed by atoms with E-state index in [1.165, 1.54) is 0 Å². The Morgan fingerprint density at radius 2 is 1.94 bits per heavy atom. The van der Waals surface area contributed by atoms with E-state index in [0.29, 0.717) is 49.9 Å². The van der Waals surface area contributed by atoms with E-state index in [1.807, 2.05) is 31.2 Å². The molecule has 1 N–H and O–H groups in total. The zero-order valence-corrected chi connectivity index (χ0v) is 18.8. The minimum absolute atomic E-state index is 0.0883. The first-order valence-electron chi connectivity index (χ1n) is 11.5. The number of carbonyl (C=O) groups excluding carboxylic acids is 2. The Bertz CT molecular complexity index is 1160. The van der Waals surface area contributed by atoms with Crippen LogP contribution in [0, 0.1) is 6.92 Å². The maximum atomic E-state index is 13.1. The van der Waals surface area contributed by atoms with Gasteiger partial charge in [-0.25, -0.2) is 4.98 Å². The van der Waals surface area contributed by atoms with Crippen LogP contribution in [0.5, 0.6) is 0 Å². The van der Waals surface area contributed by atoms with Crippen molar-refractivity contribution in [1.29, 1.82) is 0 Å². The standard InChI is InChI=1S/C25H28N4O4/c1-17-19-7-2-3-9-21(19)33-22(17)25(31)29-13-11-28(12-14-29)23-20(8-4-10-26-23)24(30)27-16-18-6-5-15-32-18/h2-4,7-10,18H,5-6,11-16H2,1H3,(H,27,30). The van der Waals surface area contributed by atoms with Gasteiger partial charge >= 0.3 is 0 Å². The van der Waals surface area contributed by atoms with Gasteiger partial charge in [0.2, 0.25) is 0 Å². The number of ether oxygens (including phenoxy) is 1. The van der Waals surface area contributed by atoms with E-state index in [9.17, 15) is 9.59 Å². The molecule has 4 heterocycles. The highest BCUT2D eigenvalue weighted by molar-refractivity contribution is 6.00. The predicted octanol–water partition coefficient (Wildman–Crippen LogP) is 3.01. The largest absolute Gasteiger partial charge is 0.451 e. The summed E-state index contributed by atoms with van der Waals surface area (Å²) in [7, 11) is 0. The monoisotopic (exact) mass is 448 g/mol. The average Bonchev–Trinajstić information content (AvgIpc) is 3.50. The van der Waals surface area contributed by atoms with Gasteiger partial charge in [0.05, 0.1) is 11.7 Å². The van der Waals surface area contributed by atoms with E-state index in [2.05, 4.69) is 15.2 Å². The molecule has 2 aliphatic rings. The van der Waals surface area contributed by atoms with Crippen molar-refractivity contribution in [2.24, 2.45) is 0 Å². The van der Waals surface area contributed by atoms with Crippen molar-refractivity contribution in [1.82, 2.24) is 15.2 Å². The van der Waals surface area contributed by atoms with Gasteiger partial charge in [0.25, 0.3) is 11.8 Å². The fourth-order valence-corrected chi connectivity index (χ4v) is 4.58. The van der Waals surface area contributed by atoms with Crippen LogP contribution in [0.25, 0.3) is 11.0 Å². The number of rotatable bonds is 5. The molecule has 1 atom stereocenters. The molecule has 3 aromatic rings. The van der Waals surface area contributed by atoms with E-state index in [0.717, 1.165) is 36.0 Å². The number of fused-ring (bicyclic) bond motifs is 1. The number of nitrogens with zero attached hydrogens (tertiary/aromatic N) is 3. The molecule has 2 saturated heterocycles. The molecule has 0 radical (unpaired) electrons. The molecule has 0 spiro atoms. The predicted molar refractivity (Wildman–Crippen MR) is 125 cm³/mol. The number of anilines is 1. The van der Waals surface area contributed by atoms with E-state index in [4.69, 9.17) is 9.15 Å². The van der Waals surface area contributed by atoms with Gasteiger partial charge in [-0.1, -0.05) is 18.2 Å². The molecule has 8 heteroatoms. The molecule has 0 bridgehead atoms. The molecule has 2 amide bonds. The van der Waals surface area contributed by atoms with Gasteiger partial charge in [0, 0.05) is 56.5 Å². The summed E-state index contributed by atoms with van der Waals surface area (Å²) in [6, 6.07) is 11.3. The summed E-state index contributed by atoms with van der Waals surface area (Å²) in [4.78, 5) is 34.3. The van der Waals surface area contributed by atoms with E-state index in [-0.39, 0.29) is 17.9 Å². The van der Waals surface area contributed by atoms with Gasteiger partial charge in [-0.3, -0.25) is 9.59 Å². The van der Waals surface area contributed by atoms with Crippen LogP contribution in [0.15, 0.2) is 47.0 Å². The number of aryl methyl sites for hydroxylation is 1. The number of para-hydroxylation sites is 1. The Balaban J connectivity index is 1.25. The summed E-state index contributed by atoms with van der Waals surface area (Å²) in [6.07, 6.45) is 3.79. The molecule has 1 aromatic carbocycles. The van der Waals surface area contributed by atoms with Crippen LogP contribution in [-0.4, -0.2) is 67.1 Å². The number of pyridine rings is 1. The number of piperazine rings is 1. The Morgan fingerprint density at radius 1 is 1.12 bits per heavy atom. The van der Waals surface area contributed by atoms with E-state index in [1.54, 1.807) is 23.2 Å². The van der Waals surface area contributed by atoms with E-state index < -0.39 is 0 Å². The summed E-state index contributed by atoms with van der Waals surface area (Å²) >= 11 is 0. The number of carbonyl (C=O) groups is 2. The minimum Gasteiger partial charge on any atom is -0.451 e. The third kappa shape index (κ3) is 4.30. The highest BCUT2D eigenvalue weighted by atomic mass is 16.5. The summed E-state index contributed by atoms with van der Waals surface area (Å²) in [5.41, 5.74) is 2.14. The van der Waals surface area contributed by atoms with Crippen LogP contribution in [-0.2, 0) is 4.74 Å². The lowest BCUT2D eigenvalue weighted by Crippen LogP contribution is -2.49. The summed E-state index contributed by atoms with van der Waals surface area (Å²) < 4.78 is 11.5. The number of amides is 2. The molecular weight excluding hydrogens is 420 g/mol. The second kappa shape index (κ2) is 9.23. The first-order valence-corrected chi connectivity index (χ1v) is 11.5. The summed E-state index contributed by atoms with van der Waals surface area (Å²) in [5, 5.41) is 3.94. The van der Waals surface area contributed by atoms with Gasteiger partial charge in [-0.2, -0.15) is 0 Å². The minimum atomic E-state index is -0.148. The first kappa shape index (κ1) is 21.5. The van der Waals surface area contributed by atoms with Crippen LogP contribution < -0.4 is 10.2 Å². The number of nitrogens with one attached hydrogen (secondary N) is 1. The van der Waals surface area contributed by atoms with Crippen molar-refractivity contribution in [3.63, 3.8) is 0 Å². The molecule has 2 aliphatic heterocycles. The number of benzene rings is 1. The van der Waals surface area contributed by atoms with Crippen molar-refractivity contribution >= 4 is 28.6 Å². The molecule has 0 saturated carbocycles. The third-order valence-electron chi connectivity index (χ3n) is 6.45. The topological polar surface area (TPSA) is 87.9 Å². The smallest absolute Gasteiger partial charge is 0.290 e. The molecule has 1 unspecified atom stereocenters. The van der Waals surface area contributed by atoms with Gasteiger partial charge in [0.1, 0.15) is 11.4 Å². The quantitative estimate of drug-likeness (QED) is 0.646. The Kier molecular flexibility index (Phi) is 6.00. The highest BCUT2D eigenvalue weighted by Crippen LogP contribution is 2.27. The Morgan fingerprint density at radius 3 is 2.70 bits per heavy atom. The van der Waals surface area contributed by atoms with Crippen molar-refractivity contribution < 1.29 is 18.7 Å². The van der Waals surface area contributed by atoms with Gasteiger partial charge in [-0.05, 0) is 38.0 Å². The lowest BCUT2D eigenvalue weighted by atomic mass is 10.1. The fraction of sp³-hybridized carbons (Fsp3) is 0.400. The first-order chi connectivity index (χ1) is 16.1. The van der Waals surface area contributed by atoms with Crippen LogP contribution >= 0.6 is 0 Å². The van der Waals surface area contributed by atoms with Crippen molar-refractivity contribution in [3.05, 3.63) is 59.5 Å². The van der Waals surface area contributed by atoms with E-state index >= 15 is 0 Å². The van der Waals surface area contributed by atoms with Crippen LogP contribution in [0.3, 0.4) is 0 Å². The second-order valence-electron chi connectivity index (χ2n) is 8.55. The Labute approximate surface area is 192 Å². The molecular formula is C25H28N4O4. The van der Waals surface area contributed by atoms with Crippen molar-refractivity contribution in [2.45, 2.75) is 25.9 Å². The lowest BCUT2D eigenvalue weighted by molar-refractivity contribution is 0.0715. The molecule has 172 valence electrons. The van der Waals surface area contributed by atoms with Gasteiger partial charge < -0.3 is 24.3 Å². The number of hydrogen-bond acceptors (Lipinski definition) is 6. The second-order valence-corrected chi connectivity index (χ2v) is 8.55. The van der Waals surface area contributed by atoms with Gasteiger partial charge in [-0.15, -0.1) is 0 Å². The number of aromatic nitrogens is 1. The normalized spacial score (nSPS) is 18.6. The molecule has 33 heavy (non-hydrogen) atoms. The van der Waals surface area contributed by atoms with Crippen LogP contribution in [0.4, 0.5) is 5.82 Å². The Hall–Kier alpha value is -3.39. The zero-order chi connectivity index (χ0) is 22.8. The molecule has 2 fully saturated rings. The SMILES string of the molecule is Cc1c(C(=O)N2CCN(c3ncccc3C(=O)NCC3CCCO3)CC2)oc2ccccc12. The van der Waals surface area contributed by atoms with Crippen molar-refractivity contribution in [2.75, 3.05) is 44.2 Å². The lowest BCUT2D eigenvalue weighted by Gasteiger charge is -2.35. The number of furan rings is 1. The zero-order valence-electron chi connectivity index (χ0n) is 18.8. The van der Waals surface area contributed by atoms with Crippen LogP contribution in [0.1, 0.15) is 39.3 Å². The summed E-state index contributed by atoms with van der Waals surface area (Å²) in [5.74, 6) is 0.801. The fourth-order valence-electron chi connectivity index (χ4n) is 4.58. The molecule has 8 nitrogen and oxygen atoms in total. The maximum absolute atomic E-state index is 13.1. The maximum Gasteiger partial charge on any atom is 0.290 e. The summed E-state index contributed by atoms with van der Waals surface area (Å²) in [6.45, 7) is 5.43. The highest BCUT2D eigenvalue weighted by Gasteiger charge is 2.28. The molecule has 0 aliphatic carbocycles.